The Kier molecular flexibility index (Phi) is 4.57. The largest absolute Gasteiger partial charge is 0.299 e. The van der Waals surface area contributed by atoms with Crippen molar-refractivity contribution < 1.29 is 14.8 Å². The molecule has 0 saturated heterocycles. The average Bonchev–Trinajstić information content (AvgIpc) is 2.97. The highest BCUT2D eigenvalue weighted by Gasteiger charge is 2.61. The number of carbonyl (C=O) groups excluding carboxylic acids is 2. The van der Waals surface area contributed by atoms with Gasteiger partial charge in [0.25, 0.3) is 0 Å². The maximum atomic E-state index is 13.2. The third-order valence-electron chi connectivity index (χ3n) is 8.84. The van der Waals surface area contributed by atoms with Gasteiger partial charge in [-0.2, -0.15) is 0 Å². The Morgan fingerprint density at radius 3 is 2.54 bits per heavy atom. The standard InChI is InChI=1S/C23H36N2O3/c1-21(2,3)25(28)20(27)18-7-6-16-15-13-24-19-12-14(26)8-10-23(19,5)17(15)9-11-22(16,18)4/h15-18,28H,6-13H2,1-5H3/t15-,16-,17+,18?,22-,23+/m0/s1. The second kappa shape index (κ2) is 6.38. The highest BCUT2D eigenvalue weighted by molar-refractivity contribution is 6.07. The van der Waals surface area contributed by atoms with Gasteiger partial charge in [-0.25, -0.2) is 5.06 Å². The molecule has 3 fully saturated rings. The lowest BCUT2D eigenvalue weighted by molar-refractivity contribution is -0.196. The number of fused-ring (bicyclic) bond motifs is 5. The zero-order valence-corrected chi connectivity index (χ0v) is 18.1. The molecule has 6 atom stereocenters. The van der Waals surface area contributed by atoms with Gasteiger partial charge in [-0.15, -0.1) is 0 Å². The van der Waals surface area contributed by atoms with E-state index in [0.717, 1.165) is 49.4 Å². The fourth-order valence-corrected chi connectivity index (χ4v) is 7.09. The lowest BCUT2D eigenvalue weighted by atomic mass is 9.49. The molecule has 5 nitrogen and oxygen atoms in total. The molecule has 5 heteroatoms. The predicted molar refractivity (Wildman–Crippen MR) is 108 cm³/mol. The van der Waals surface area contributed by atoms with Crippen molar-refractivity contribution in [3.8, 4) is 0 Å². The maximum absolute atomic E-state index is 13.2. The van der Waals surface area contributed by atoms with Gasteiger partial charge in [0.15, 0.2) is 0 Å². The summed E-state index contributed by atoms with van der Waals surface area (Å²) in [5.74, 6) is 1.69. The first-order valence-corrected chi connectivity index (χ1v) is 11.1. The van der Waals surface area contributed by atoms with Gasteiger partial charge in [0.1, 0.15) is 5.78 Å². The molecule has 3 aliphatic carbocycles. The normalized spacial score (nSPS) is 42.9. The minimum atomic E-state index is -0.575. The number of Topliss-reactive ketones (excluding diaryl/α,β-unsaturated/α-hetero) is 1. The molecule has 1 amide bonds. The average molecular weight is 389 g/mol. The van der Waals surface area contributed by atoms with Crippen molar-refractivity contribution in [3.05, 3.63) is 0 Å². The molecule has 0 bridgehead atoms. The smallest absolute Gasteiger partial charge is 0.250 e. The van der Waals surface area contributed by atoms with Crippen LogP contribution in [-0.4, -0.2) is 39.8 Å². The molecule has 0 aromatic rings. The molecular formula is C23H36N2O3. The summed E-state index contributed by atoms with van der Waals surface area (Å²) in [6, 6.07) is 0. The number of ketones is 1. The lowest BCUT2D eigenvalue weighted by Gasteiger charge is -2.56. The SMILES string of the molecule is CC(C)(C)N(O)C(=O)C1CC[C@H]2[C@@H]3CN=C4CC(=O)CC[C@]4(C)[C@@H]3CC[C@]12C. The van der Waals surface area contributed by atoms with Crippen molar-refractivity contribution in [1.29, 1.82) is 0 Å². The van der Waals surface area contributed by atoms with Gasteiger partial charge in [-0.05, 0) is 76.0 Å². The molecule has 1 heterocycles. The van der Waals surface area contributed by atoms with Gasteiger partial charge in [0, 0.05) is 36.4 Å². The summed E-state index contributed by atoms with van der Waals surface area (Å²) >= 11 is 0. The van der Waals surface area contributed by atoms with E-state index in [1.807, 2.05) is 20.8 Å². The molecule has 4 aliphatic rings. The fraction of sp³-hybridized carbons (Fsp3) is 0.870. The Labute approximate surface area is 168 Å². The van der Waals surface area contributed by atoms with Gasteiger partial charge < -0.3 is 0 Å². The zero-order chi connectivity index (χ0) is 20.5. The molecule has 1 N–H and O–H groups in total. The van der Waals surface area contributed by atoms with Crippen LogP contribution in [0, 0.1) is 34.5 Å². The fourth-order valence-electron chi connectivity index (χ4n) is 7.09. The van der Waals surface area contributed by atoms with Gasteiger partial charge in [0.2, 0.25) is 5.91 Å². The molecule has 4 rings (SSSR count). The van der Waals surface area contributed by atoms with Crippen molar-refractivity contribution >= 4 is 17.4 Å². The van der Waals surface area contributed by atoms with E-state index in [-0.39, 0.29) is 22.7 Å². The molecule has 0 spiro atoms. The summed E-state index contributed by atoms with van der Waals surface area (Å²) in [5.41, 5.74) is 0.579. The lowest BCUT2D eigenvalue weighted by Crippen LogP contribution is -2.56. The molecule has 0 aromatic heterocycles. The van der Waals surface area contributed by atoms with Crippen LogP contribution in [0.4, 0.5) is 0 Å². The van der Waals surface area contributed by atoms with E-state index in [9.17, 15) is 14.8 Å². The van der Waals surface area contributed by atoms with E-state index in [1.54, 1.807) is 0 Å². The van der Waals surface area contributed by atoms with E-state index in [4.69, 9.17) is 4.99 Å². The number of rotatable bonds is 1. The summed E-state index contributed by atoms with van der Waals surface area (Å²) in [5, 5.41) is 11.5. The van der Waals surface area contributed by atoms with E-state index in [2.05, 4.69) is 13.8 Å². The Bertz CT molecular complexity index is 724. The van der Waals surface area contributed by atoms with Crippen LogP contribution >= 0.6 is 0 Å². The number of hydrogen-bond acceptors (Lipinski definition) is 4. The van der Waals surface area contributed by atoms with Gasteiger partial charge in [0.05, 0.1) is 5.54 Å². The Hall–Kier alpha value is -1.23. The minimum Gasteiger partial charge on any atom is -0.299 e. The van der Waals surface area contributed by atoms with Crippen LogP contribution in [0.15, 0.2) is 4.99 Å². The molecule has 28 heavy (non-hydrogen) atoms. The Morgan fingerprint density at radius 1 is 1.14 bits per heavy atom. The number of amides is 1. The zero-order valence-electron chi connectivity index (χ0n) is 18.1. The van der Waals surface area contributed by atoms with Crippen LogP contribution in [-0.2, 0) is 9.59 Å². The molecule has 0 aromatic carbocycles. The van der Waals surface area contributed by atoms with Crippen molar-refractivity contribution in [1.82, 2.24) is 5.06 Å². The number of hydrogen-bond donors (Lipinski definition) is 1. The van der Waals surface area contributed by atoms with Crippen LogP contribution in [0.3, 0.4) is 0 Å². The quantitative estimate of drug-likeness (QED) is 0.538. The second-order valence-corrected chi connectivity index (χ2v) is 11.3. The van der Waals surface area contributed by atoms with Crippen LogP contribution in [0.1, 0.15) is 79.6 Å². The number of aliphatic imine (C=N–C) groups is 1. The highest BCUT2D eigenvalue weighted by atomic mass is 16.5. The maximum Gasteiger partial charge on any atom is 0.250 e. The first-order chi connectivity index (χ1) is 13.0. The van der Waals surface area contributed by atoms with Crippen molar-refractivity contribution in [2.75, 3.05) is 6.54 Å². The minimum absolute atomic E-state index is 0.0572. The second-order valence-electron chi connectivity index (χ2n) is 11.3. The van der Waals surface area contributed by atoms with E-state index >= 15 is 0 Å². The highest BCUT2D eigenvalue weighted by Crippen LogP contribution is 2.64. The van der Waals surface area contributed by atoms with Crippen LogP contribution in [0.5, 0.6) is 0 Å². The van der Waals surface area contributed by atoms with Gasteiger partial charge in [-0.3, -0.25) is 19.8 Å². The summed E-state index contributed by atoms with van der Waals surface area (Å²) < 4.78 is 0. The first-order valence-electron chi connectivity index (χ1n) is 11.1. The molecule has 1 unspecified atom stereocenters. The molecule has 1 aliphatic heterocycles. The summed E-state index contributed by atoms with van der Waals surface area (Å²) in [6.45, 7) is 11.1. The Balaban J connectivity index is 1.60. The number of nitrogens with zero attached hydrogens (tertiary/aromatic N) is 2. The van der Waals surface area contributed by atoms with Gasteiger partial charge >= 0.3 is 0 Å². The monoisotopic (exact) mass is 388 g/mol. The summed E-state index contributed by atoms with van der Waals surface area (Å²) in [4.78, 5) is 30.1. The Morgan fingerprint density at radius 2 is 1.86 bits per heavy atom. The van der Waals surface area contributed by atoms with E-state index in [0.29, 0.717) is 36.4 Å². The number of hydroxylamine groups is 2. The van der Waals surface area contributed by atoms with Crippen molar-refractivity contribution in [2.45, 2.75) is 85.1 Å². The van der Waals surface area contributed by atoms with Crippen molar-refractivity contribution in [2.24, 2.45) is 39.5 Å². The summed E-state index contributed by atoms with van der Waals surface area (Å²) in [7, 11) is 0. The van der Waals surface area contributed by atoms with Gasteiger partial charge in [-0.1, -0.05) is 13.8 Å². The first kappa shape index (κ1) is 20.1. The third-order valence-corrected chi connectivity index (χ3v) is 8.84. The van der Waals surface area contributed by atoms with Crippen LogP contribution in [0.2, 0.25) is 0 Å². The molecular weight excluding hydrogens is 352 g/mol. The molecule has 3 saturated carbocycles. The van der Waals surface area contributed by atoms with Crippen molar-refractivity contribution in [3.63, 3.8) is 0 Å². The molecule has 0 radical (unpaired) electrons. The predicted octanol–water partition coefficient (Wildman–Crippen LogP) is 4.28. The van der Waals surface area contributed by atoms with Crippen LogP contribution < -0.4 is 0 Å². The summed E-state index contributed by atoms with van der Waals surface area (Å²) in [6.07, 6.45) is 6.22. The topological polar surface area (TPSA) is 70.0 Å². The number of carbonyl (C=O) groups is 2. The van der Waals surface area contributed by atoms with E-state index < -0.39 is 5.54 Å². The molecule has 156 valence electrons. The van der Waals surface area contributed by atoms with E-state index in [1.165, 1.54) is 0 Å². The van der Waals surface area contributed by atoms with Crippen LogP contribution in [0.25, 0.3) is 0 Å². The third kappa shape index (κ3) is 2.79.